The number of ether oxygens (including phenoxy) is 2. The lowest BCUT2D eigenvalue weighted by atomic mass is 9.48. The molecular weight excluding hydrogens is 340 g/mol. The van der Waals surface area contributed by atoms with Crippen molar-refractivity contribution in [3.05, 3.63) is 37.0 Å². The first-order valence-corrected chi connectivity index (χ1v) is 10.3. The molecule has 148 valence electrons. The highest BCUT2D eigenvalue weighted by atomic mass is 16.7. The molecule has 3 fully saturated rings. The molecule has 3 aliphatic carbocycles. The predicted octanol–water partition coefficient (Wildman–Crippen LogP) is 3.95. The fourth-order valence-corrected chi connectivity index (χ4v) is 6.47. The van der Waals surface area contributed by atoms with E-state index in [9.17, 15) is 9.90 Å². The minimum atomic E-state index is -0.542. The molecule has 0 aromatic heterocycles. The van der Waals surface area contributed by atoms with Gasteiger partial charge in [-0.25, -0.2) is 0 Å². The Morgan fingerprint density at radius 3 is 2.52 bits per heavy atom. The Balaban J connectivity index is 1.67. The Kier molecular flexibility index (Phi) is 4.73. The van der Waals surface area contributed by atoms with Crippen LogP contribution in [0.1, 0.15) is 51.9 Å². The number of fused-ring (bicyclic) bond motifs is 3. The van der Waals surface area contributed by atoms with Crippen molar-refractivity contribution in [1.29, 1.82) is 0 Å². The van der Waals surface area contributed by atoms with E-state index in [1.54, 1.807) is 0 Å². The average molecular weight is 373 g/mol. The molecule has 4 nitrogen and oxygen atoms in total. The van der Waals surface area contributed by atoms with E-state index in [0.717, 1.165) is 19.3 Å². The van der Waals surface area contributed by atoms with Crippen molar-refractivity contribution >= 4 is 5.78 Å². The highest BCUT2D eigenvalue weighted by Gasteiger charge is 2.60. The number of carbonyl (C=O) groups is 1. The molecule has 0 unspecified atom stereocenters. The summed E-state index contributed by atoms with van der Waals surface area (Å²) in [5, 5.41) is 11.3. The lowest BCUT2D eigenvalue weighted by molar-refractivity contribution is -0.190. The minimum Gasteiger partial charge on any atom is -0.393 e. The third kappa shape index (κ3) is 2.80. The van der Waals surface area contributed by atoms with Crippen molar-refractivity contribution in [3.8, 4) is 0 Å². The van der Waals surface area contributed by atoms with Crippen LogP contribution >= 0.6 is 0 Å². The fraction of sp³-hybridized carbons (Fsp3) is 0.696. The van der Waals surface area contributed by atoms with Crippen LogP contribution in [0.4, 0.5) is 0 Å². The van der Waals surface area contributed by atoms with E-state index >= 15 is 0 Å². The van der Waals surface area contributed by atoms with Gasteiger partial charge in [-0.2, -0.15) is 0 Å². The van der Waals surface area contributed by atoms with Crippen LogP contribution in [-0.2, 0) is 14.3 Å². The number of rotatable bonds is 4. The Bertz CT molecular complexity index is 662. The number of ketones is 1. The number of hydrogen-bond donors (Lipinski definition) is 1. The molecule has 4 rings (SSSR count). The molecule has 4 heteroatoms. The Morgan fingerprint density at radius 2 is 1.89 bits per heavy atom. The number of hydrogen-bond acceptors (Lipinski definition) is 4. The summed E-state index contributed by atoms with van der Waals surface area (Å²) in [4.78, 5) is 13.6. The predicted molar refractivity (Wildman–Crippen MR) is 104 cm³/mol. The summed E-state index contributed by atoms with van der Waals surface area (Å²) in [5.41, 5.74) is 0.607. The highest BCUT2D eigenvalue weighted by molar-refractivity contribution is 5.89. The normalized spacial score (nSPS) is 39.4. The molecule has 27 heavy (non-hydrogen) atoms. The average Bonchev–Trinajstić information content (AvgIpc) is 3.08. The molecule has 1 aliphatic heterocycles. The summed E-state index contributed by atoms with van der Waals surface area (Å²) in [6.45, 7) is 11.3. The van der Waals surface area contributed by atoms with Gasteiger partial charge in [0.2, 0.25) is 0 Å². The van der Waals surface area contributed by atoms with Crippen LogP contribution in [0, 0.1) is 22.7 Å². The fourth-order valence-electron chi connectivity index (χ4n) is 6.47. The zero-order chi connectivity index (χ0) is 19.3. The van der Waals surface area contributed by atoms with Crippen LogP contribution in [0.25, 0.3) is 0 Å². The molecule has 1 saturated heterocycles. The number of aliphatic hydroxyl groups is 1. The number of allylic oxidation sites excluding steroid dienone is 3. The first-order chi connectivity index (χ1) is 12.9. The molecule has 4 atom stereocenters. The standard InChI is InChI=1S/C23H32O4/c1-4-8-22(9-5-2)15-18(24)19-17(20(22)25)7-6-16-14-23(26-12-13-27-23)11-10-21(16,19)3/h4-6,17-19,24H,1-2,7-15H2,3H3/t17-,18-,19-,21-/m0/s1. The van der Waals surface area contributed by atoms with Gasteiger partial charge in [0.15, 0.2) is 5.79 Å². The monoisotopic (exact) mass is 372 g/mol. The second-order valence-electron chi connectivity index (χ2n) is 9.20. The third-order valence-electron chi connectivity index (χ3n) is 7.76. The zero-order valence-electron chi connectivity index (χ0n) is 16.4. The maximum Gasteiger partial charge on any atom is 0.172 e. The number of Topliss-reactive ketones (excluding diaryl/α,β-unsaturated/α-hetero) is 1. The summed E-state index contributed by atoms with van der Waals surface area (Å²) in [7, 11) is 0. The van der Waals surface area contributed by atoms with Gasteiger partial charge in [0.1, 0.15) is 5.78 Å². The second-order valence-corrected chi connectivity index (χ2v) is 9.20. The van der Waals surface area contributed by atoms with E-state index in [2.05, 4.69) is 26.2 Å². The first-order valence-electron chi connectivity index (χ1n) is 10.3. The number of aliphatic hydroxyl groups excluding tert-OH is 1. The molecule has 2 saturated carbocycles. The van der Waals surface area contributed by atoms with Gasteiger partial charge in [-0.1, -0.05) is 30.7 Å². The minimum absolute atomic E-state index is 0.0218. The van der Waals surface area contributed by atoms with Gasteiger partial charge >= 0.3 is 0 Å². The largest absolute Gasteiger partial charge is 0.393 e. The Labute approximate surface area is 162 Å². The van der Waals surface area contributed by atoms with Crippen molar-refractivity contribution in [2.24, 2.45) is 22.7 Å². The topological polar surface area (TPSA) is 55.8 Å². The van der Waals surface area contributed by atoms with E-state index in [4.69, 9.17) is 9.47 Å². The molecule has 1 heterocycles. The van der Waals surface area contributed by atoms with Gasteiger partial charge in [-0.15, -0.1) is 13.2 Å². The van der Waals surface area contributed by atoms with E-state index < -0.39 is 17.3 Å². The smallest absolute Gasteiger partial charge is 0.172 e. The zero-order valence-corrected chi connectivity index (χ0v) is 16.4. The van der Waals surface area contributed by atoms with Crippen LogP contribution < -0.4 is 0 Å². The van der Waals surface area contributed by atoms with Gasteiger partial charge in [-0.05, 0) is 37.5 Å². The number of carbonyl (C=O) groups excluding carboxylic acids is 1. The summed E-state index contributed by atoms with van der Waals surface area (Å²) in [5.74, 6) is -0.326. The van der Waals surface area contributed by atoms with E-state index in [1.807, 2.05) is 12.2 Å². The quantitative estimate of drug-likeness (QED) is 0.759. The van der Waals surface area contributed by atoms with Crippen LogP contribution in [0.3, 0.4) is 0 Å². The molecule has 0 radical (unpaired) electrons. The summed E-state index contributed by atoms with van der Waals surface area (Å²) < 4.78 is 11.9. The lowest BCUT2D eigenvalue weighted by Crippen LogP contribution is -2.58. The Morgan fingerprint density at radius 1 is 1.22 bits per heavy atom. The van der Waals surface area contributed by atoms with Crippen molar-refractivity contribution in [3.63, 3.8) is 0 Å². The van der Waals surface area contributed by atoms with Gasteiger partial charge < -0.3 is 14.6 Å². The second kappa shape index (κ2) is 6.68. The molecular formula is C23H32O4. The molecule has 0 aromatic rings. The van der Waals surface area contributed by atoms with E-state index in [1.165, 1.54) is 5.57 Å². The maximum atomic E-state index is 13.6. The molecule has 1 spiro atoms. The van der Waals surface area contributed by atoms with Crippen LogP contribution in [-0.4, -0.2) is 36.0 Å². The summed E-state index contributed by atoms with van der Waals surface area (Å²) >= 11 is 0. The Hall–Kier alpha value is -1.23. The molecule has 4 aliphatic rings. The maximum absolute atomic E-state index is 13.6. The van der Waals surface area contributed by atoms with Crippen molar-refractivity contribution in [2.45, 2.75) is 63.8 Å². The van der Waals surface area contributed by atoms with E-state index in [0.29, 0.717) is 44.7 Å². The lowest BCUT2D eigenvalue weighted by Gasteiger charge is -2.57. The van der Waals surface area contributed by atoms with Crippen LogP contribution in [0.2, 0.25) is 0 Å². The summed E-state index contributed by atoms with van der Waals surface area (Å²) in [6.07, 6.45) is 10.3. The molecule has 0 amide bonds. The highest BCUT2D eigenvalue weighted by Crippen LogP contribution is 2.61. The van der Waals surface area contributed by atoms with Gasteiger partial charge in [0.05, 0.1) is 19.3 Å². The van der Waals surface area contributed by atoms with Crippen LogP contribution in [0.5, 0.6) is 0 Å². The molecule has 1 N–H and O–H groups in total. The van der Waals surface area contributed by atoms with Gasteiger partial charge in [0, 0.05) is 30.1 Å². The molecule has 0 aromatic carbocycles. The van der Waals surface area contributed by atoms with E-state index in [-0.39, 0.29) is 17.3 Å². The SMILES string of the molecule is C=CCC1(CC=C)C[C@H](O)[C@@H]2[C@H](CC=C3CC4(CC[C@@]32C)OCCO4)C1=O. The van der Waals surface area contributed by atoms with Gasteiger partial charge in [0.25, 0.3) is 0 Å². The summed E-state index contributed by atoms with van der Waals surface area (Å²) in [6, 6.07) is 0. The van der Waals surface area contributed by atoms with Crippen molar-refractivity contribution in [1.82, 2.24) is 0 Å². The van der Waals surface area contributed by atoms with Crippen molar-refractivity contribution in [2.75, 3.05) is 13.2 Å². The first kappa shape index (κ1) is 19.1. The van der Waals surface area contributed by atoms with Crippen molar-refractivity contribution < 1.29 is 19.4 Å². The van der Waals surface area contributed by atoms with Gasteiger partial charge in [-0.3, -0.25) is 4.79 Å². The molecule has 0 bridgehead atoms. The van der Waals surface area contributed by atoms with Crippen LogP contribution in [0.15, 0.2) is 37.0 Å². The third-order valence-corrected chi connectivity index (χ3v) is 7.76.